The Morgan fingerprint density at radius 3 is 2.62 bits per heavy atom. The molecule has 0 radical (unpaired) electrons. The highest BCUT2D eigenvalue weighted by molar-refractivity contribution is 5.97. The molecule has 1 fully saturated rings. The highest BCUT2D eigenvalue weighted by Crippen LogP contribution is 2.22. The number of likely N-dealkylation sites (tertiary alicyclic amines) is 1. The third kappa shape index (κ3) is 4.35. The Morgan fingerprint density at radius 1 is 1.14 bits per heavy atom. The molecule has 2 heterocycles. The second kappa shape index (κ2) is 8.78. The van der Waals surface area contributed by atoms with Gasteiger partial charge in [0.05, 0.1) is 11.0 Å². The van der Waals surface area contributed by atoms with Gasteiger partial charge in [0.25, 0.3) is 5.91 Å². The van der Waals surface area contributed by atoms with Gasteiger partial charge in [-0.25, -0.2) is 4.98 Å². The van der Waals surface area contributed by atoms with E-state index in [9.17, 15) is 4.79 Å². The molecule has 1 N–H and O–H groups in total. The number of hydrogen-bond donors (Lipinski definition) is 1. The average molecular weight is 391 g/mol. The lowest BCUT2D eigenvalue weighted by Gasteiger charge is -2.32. The van der Waals surface area contributed by atoms with Crippen LogP contribution in [-0.2, 0) is 0 Å². The van der Waals surface area contributed by atoms with Gasteiger partial charge >= 0.3 is 0 Å². The Hall–Kier alpha value is -2.66. The van der Waals surface area contributed by atoms with Crippen LogP contribution in [0.1, 0.15) is 48.8 Å². The zero-order chi connectivity index (χ0) is 20.2. The van der Waals surface area contributed by atoms with Gasteiger partial charge in [0.15, 0.2) is 0 Å². The maximum absolute atomic E-state index is 12.8. The van der Waals surface area contributed by atoms with Gasteiger partial charge in [-0.3, -0.25) is 9.36 Å². The second-order valence-corrected chi connectivity index (χ2v) is 7.98. The Bertz CT molecular complexity index is 971. The van der Waals surface area contributed by atoms with Gasteiger partial charge in [-0.1, -0.05) is 31.5 Å². The van der Waals surface area contributed by atoms with Gasteiger partial charge in [-0.05, 0) is 63.1 Å². The van der Waals surface area contributed by atoms with Crippen LogP contribution < -0.4 is 5.32 Å². The molecule has 1 aromatic heterocycles. The fraction of sp³-hybridized carbons (Fsp3) is 0.417. The summed E-state index contributed by atoms with van der Waals surface area (Å²) in [7, 11) is 0. The Morgan fingerprint density at radius 2 is 1.90 bits per heavy atom. The Kier molecular flexibility index (Phi) is 5.95. The lowest BCUT2D eigenvalue weighted by atomic mass is 10.0. The van der Waals surface area contributed by atoms with E-state index in [1.807, 2.05) is 43.3 Å². The van der Waals surface area contributed by atoms with Crippen LogP contribution in [0.3, 0.4) is 0 Å². The van der Waals surface area contributed by atoms with Crippen molar-refractivity contribution in [2.75, 3.05) is 19.6 Å². The first kappa shape index (κ1) is 19.6. The summed E-state index contributed by atoms with van der Waals surface area (Å²) in [5, 5.41) is 3.23. The summed E-state index contributed by atoms with van der Waals surface area (Å²) in [6.07, 6.45) is 4.55. The molecule has 1 amide bonds. The summed E-state index contributed by atoms with van der Waals surface area (Å²) in [5.41, 5.74) is 3.64. The zero-order valence-corrected chi connectivity index (χ0v) is 17.4. The normalized spacial score (nSPS) is 15.7. The quantitative estimate of drug-likeness (QED) is 0.682. The van der Waals surface area contributed by atoms with E-state index in [0.29, 0.717) is 5.56 Å². The topological polar surface area (TPSA) is 50.2 Å². The summed E-state index contributed by atoms with van der Waals surface area (Å²) in [6, 6.07) is 16.3. The zero-order valence-electron chi connectivity index (χ0n) is 17.4. The van der Waals surface area contributed by atoms with E-state index in [-0.39, 0.29) is 11.9 Å². The van der Waals surface area contributed by atoms with Crippen LogP contribution in [0, 0.1) is 6.92 Å². The molecule has 0 spiro atoms. The van der Waals surface area contributed by atoms with E-state index < -0.39 is 0 Å². The molecular weight excluding hydrogens is 360 g/mol. The van der Waals surface area contributed by atoms with Crippen molar-refractivity contribution in [1.82, 2.24) is 19.8 Å². The summed E-state index contributed by atoms with van der Waals surface area (Å²) in [6.45, 7) is 7.56. The number of aryl methyl sites for hydroxylation is 1. The molecule has 1 aliphatic rings. The minimum atomic E-state index is 0.00539. The number of hydrogen-bond acceptors (Lipinski definition) is 3. The molecule has 0 unspecified atom stereocenters. The molecule has 1 aliphatic heterocycles. The lowest BCUT2D eigenvalue weighted by molar-refractivity contribution is 0.0911. The number of nitrogens with zero attached hydrogens (tertiary/aromatic N) is 3. The minimum absolute atomic E-state index is 0.00539. The van der Waals surface area contributed by atoms with E-state index in [1.54, 1.807) is 0 Å². The number of aromatic nitrogens is 2. The smallest absolute Gasteiger partial charge is 0.251 e. The first-order chi connectivity index (χ1) is 14.2. The Balaban J connectivity index is 1.46. The number of carbonyl (C=O) groups is 1. The SMILES string of the molecule is CCCCN1CCC(NC(=O)c2ccc3c(c2)nc(C)n3-c2ccccc2)CC1. The number of para-hydroxylation sites is 1. The molecule has 1 saturated heterocycles. The molecule has 0 aliphatic carbocycles. The van der Waals surface area contributed by atoms with Gasteiger partial charge in [0.1, 0.15) is 5.82 Å². The molecule has 0 saturated carbocycles. The fourth-order valence-electron chi connectivity index (χ4n) is 4.20. The van der Waals surface area contributed by atoms with Crippen molar-refractivity contribution in [3.63, 3.8) is 0 Å². The average Bonchev–Trinajstić information content (AvgIpc) is 3.08. The van der Waals surface area contributed by atoms with Crippen LogP contribution in [0.15, 0.2) is 48.5 Å². The summed E-state index contributed by atoms with van der Waals surface area (Å²) in [4.78, 5) is 20.0. The predicted octanol–water partition coefficient (Wildman–Crippen LogP) is 4.33. The molecule has 29 heavy (non-hydrogen) atoms. The predicted molar refractivity (Wildman–Crippen MR) is 118 cm³/mol. The summed E-state index contributed by atoms with van der Waals surface area (Å²) >= 11 is 0. The van der Waals surface area contributed by atoms with Gasteiger partial charge in [-0.2, -0.15) is 0 Å². The number of fused-ring (bicyclic) bond motifs is 1. The molecule has 3 aromatic rings. The van der Waals surface area contributed by atoms with Crippen LogP contribution in [-0.4, -0.2) is 46.0 Å². The van der Waals surface area contributed by atoms with Crippen LogP contribution in [0.5, 0.6) is 0 Å². The second-order valence-electron chi connectivity index (χ2n) is 7.98. The molecule has 0 atom stereocenters. The minimum Gasteiger partial charge on any atom is -0.349 e. The van der Waals surface area contributed by atoms with Gasteiger partial charge in [0.2, 0.25) is 0 Å². The number of amides is 1. The van der Waals surface area contributed by atoms with Crippen LogP contribution in [0.2, 0.25) is 0 Å². The molecule has 152 valence electrons. The lowest BCUT2D eigenvalue weighted by Crippen LogP contribution is -2.44. The van der Waals surface area contributed by atoms with Crippen molar-refractivity contribution >= 4 is 16.9 Å². The van der Waals surface area contributed by atoms with E-state index in [2.05, 4.69) is 33.8 Å². The first-order valence-corrected chi connectivity index (χ1v) is 10.7. The van der Waals surface area contributed by atoms with Crippen molar-refractivity contribution in [2.24, 2.45) is 0 Å². The largest absolute Gasteiger partial charge is 0.349 e. The van der Waals surface area contributed by atoms with Crippen molar-refractivity contribution in [2.45, 2.75) is 45.6 Å². The molecule has 0 bridgehead atoms. The number of piperidine rings is 1. The molecule has 4 rings (SSSR count). The third-order valence-electron chi connectivity index (χ3n) is 5.85. The highest BCUT2D eigenvalue weighted by atomic mass is 16.1. The third-order valence-corrected chi connectivity index (χ3v) is 5.85. The number of carbonyl (C=O) groups excluding carboxylic acids is 1. The maximum atomic E-state index is 12.8. The van der Waals surface area contributed by atoms with E-state index in [4.69, 9.17) is 4.98 Å². The molecule has 5 heteroatoms. The van der Waals surface area contributed by atoms with Crippen molar-refractivity contribution in [3.8, 4) is 5.69 Å². The van der Waals surface area contributed by atoms with Gasteiger partial charge in [-0.15, -0.1) is 0 Å². The number of benzene rings is 2. The number of unbranched alkanes of at least 4 members (excludes halogenated alkanes) is 1. The van der Waals surface area contributed by atoms with E-state index >= 15 is 0 Å². The van der Waals surface area contributed by atoms with Crippen molar-refractivity contribution < 1.29 is 4.79 Å². The maximum Gasteiger partial charge on any atom is 0.251 e. The van der Waals surface area contributed by atoms with Crippen molar-refractivity contribution in [3.05, 3.63) is 59.9 Å². The van der Waals surface area contributed by atoms with E-state index in [1.165, 1.54) is 19.4 Å². The van der Waals surface area contributed by atoms with Gasteiger partial charge < -0.3 is 10.2 Å². The first-order valence-electron chi connectivity index (χ1n) is 10.7. The van der Waals surface area contributed by atoms with Crippen molar-refractivity contribution in [1.29, 1.82) is 0 Å². The highest BCUT2D eigenvalue weighted by Gasteiger charge is 2.21. The van der Waals surface area contributed by atoms with Crippen LogP contribution in [0.4, 0.5) is 0 Å². The van der Waals surface area contributed by atoms with Crippen LogP contribution >= 0.6 is 0 Å². The number of nitrogens with one attached hydrogen (secondary N) is 1. The van der Waals surface area contributed by atoms with Gasteiger partial charge in [0, 0.05) is 30.4 Å². The Labute approximate surface area is 172 Å². The molecular formula is C24H30N4O. The standard InChI is InChI=1S/C24H30N4O/c1-3-4-14-27-15-12-20(13-16-27)26-24(29)19-10-11-23-22(17-19)25-18(2)28(23)21-8-6-5-7-9-21/h5-11,17,20H,3-4,12-16H2,1-2H3,(H,26,29). The number of imidazole rings is 1. The number of rotatable bonds is 6. The van der Waals surface area contributed by atoms with E-state index in [0.717, 1.165) is 48.5 Å². The molecule has 5 nitrogen and oxygen atoms in total. The summed E-state index contributed by atoms with van der Waals surface area (Å²) in [5.74, 6) is 0.925. The summed E-state index contributed by atoms with van der Waals surface area (Å²) < 4.78 is 2.13. The monoisotopic (exact) mass is 390 g/mol. The molecule has 2 aromatic carbocycles. The fourth-order valence-corrected chi connectivity index (χ4v) is 4.20. The van der Waals surface area contributed by atoms with Crippen LogP contribution in [0.25, 0.3) is 16.7 Å².